The molecule has 2 N–H and O–H groups in total. The summed E-state index contributed by atoms with van der Waals surface area (Å²) in [6, 6.07) is 10.9. The van der Waals surface area contributed by atoms with Gasteiger partial charge in [-0.1, -0.05) is 36.8 Å². The maximum Gasteiger partial charge on any atom is 0.0811 e. The van der Waals surface area contributed by atoms with Gasteiger partial charge in [0.15, 0.2) is 0 Å². The third-order valence-corrected chi connectivity index (χ3v) is 3.96. The van der Waals surface area contributed by atoms with E-state index in [1.165, 1.54) is 37.9 Å². The number of hydrogen-bond acceptors (Lipinski definition) is 3. The molecule has 0 saturated carbocycles. The molecule has 2 aliphatic heterocycles. The zero-order chi connectivity index (χ0) is 11.5. The van der Waals surface area contributed by atoms with Gasteiger partial charge in [-0.05, 0) is 31.5 Å². The lowest BCUT2D eigenvalue weighted by molar-refractivity contribution is 0.136. The fourth-order valence-corrected chi connectivity index (χ4v) is 3.03. The SMILES string of the molecule is c1ccc(C2CNNC2N2CCCCC2)cc1. The molecule has 2 unspecified atom stereocenters. The average molecular weight is 231 g/mol. The molecular weight excluding hydrogens is 210 g/mol. The molecule has 0 radical (unpaired) electrons. The van der Waals surface area contributed by atoms with E-state index in [0.29, 0.717) is 12.1 Å². The van der Waals surface area contributed by atoms with E-state index in [1.54, 1.807) is 0 Å². The molecule has 0 aromatic heterocycles. The van der Waals surface area contributed by atoms with Crippen LogP contribution in [0.4, 0.5) is 0 Å². The number of benzene rings is 1. The van der Waals surface area contributed by atoms with Gasteiger partial charge in [-0.25, -0.2) is 5.43 Å². The van der Waals surface area contributed by atoms with Crippen LogP contribution in [0, 0.1) is 0 Å². The molecule has 17 heavy (non-hydrogen) atoms. The van der Waals surface area contributed by atoms with E-state index < -0.39 is 0 Å². The summed E-state index contributed by atoms with van der Waals surface area (Å²) in [5.74, 6) is 0.578. The molecule has 0 bridgehead atoms. The number of rotatable bonds is 2. The Morgan fingerprint density at radius 3 is 2.53 bits per heavy atom. The number of hydrogen-bond donors (Lipinski definition) is 2. The van der Waals surface area contributed by atoms with Crippen molar-refractivity contribution in [1.82, 2.24) is 15.8 Å². The molecule has 0 amide bonds. The van der Waals surface area contributed by atoms with Crippen LogP contribution in [0.2, 0.25) is 0 Å². The molecule has 2 atom stereocenters. The van der Waals surface area contributed by atoms with Gasteiger partial charge in [-0.2, -0.15) is 0 Å². The van der Waals surface area contributed by atoms with Crippen molar-refractivity contribution >= 4 is 0 Å². The number of likely N-dealkylation sites (tertiary alicyclic amines) is 1. The summed E-state index contributed by atoms with van der Waals surface area (Å²) in [5.41, 5.74) is 8.22. The first-order chi connectivity index (χ1) is 8.45. The van der Waals surface area contributed by atoms with E-state index in [-0.39, 0.29) is 0 Å². The van der Waals surface area contributed by atoms with E-state index >= 15 is 0 Å². The molecule has 2 heterocycles. The summed E-state index contributed by atoms with van der Waals surface area (Å²) >= 11 is 0. The summed E-state index contributed by atoms with van der Waals surface area (Å²) in [4.78, 5) is 2.60. The van der Waals surface area contributed by atoms with Crippen molar-refractivity contribution in [2.75, 3.05) is 19.6 Å². The van der Waals surface area contributed by atoms with E-state index in [0.717, 1.165) is 6.54 Å². The lowest BCUT2D eigenvalue weighted by Gasteiger charge is -2.35. The second kappa shape index (κ2) is 5.17. The Labute approximate surface area is 103 Å². The molecule has 2 aliphatic rings. The van der Waals surface area contributed by atoms with Crippen molar-refractivity contribution in [2.45, 2.75) is 31.3 Å². The highest BCUT2D eigenvalue weighted by atomic mass is 15.5. The van der Waals surface area contributed by atoms with Gasteiger partial charge < -0.3 is 0 Å². The fraction of sp³-hybridized carbons (Fsp3) is 0.571. The maximum absolute atomic E-state index is 3.45. The summed E-state index contributed by atoms with van der Waals surface area (Å²) in [6.07, 6.45) is 4.56. The maximum atomic E-state index is 3.45. The van der Waals surface area contributed by atoms with Crippen LogP contribution in [0.3, 0.4) is 0 Å². The number of nitrogens with one attached hydrogen (secondary N) is 2. The lowest BCUT2D eigenvalue weighted by atomic mass is 9.95. The summed E-state index contributed by atoms with van der Waals surface area (Å²) < 4.78 is 0. The molecule has 1 aromatic carbocycles. The average Bonchev–Trinajstić information content (AvgIpc) is 2.90. The standard InChI is InChI=1S/C14H21N3/c1-3-7-12(8-4-1)13-11-15-16-14(13)17-9-5-2-6-10-17/h1,3-4,7-8,13-16H,2,5-6,9-11H2. The van der Waals surface area contributed by atoms with Crippen molar-refractivity contribution in [2.24, 2.45) is 0 Å². The van der Waals surface area contributed by atoms with E-state index in [2.05, 4.69) is 46.1 Å². The second-order valence-corrected chi connectivity index (χ2v) is 5.08. The van der Waals surface area contributed by atoms with Crippen molar-refractivity contribution in [3.63, 3.8) is 0 Å². The van der Waals surface area contributed by atoms with Gasteiger partial charge in [0.25, 0.3) is 0 Å². The molecule has 3 nitrogen and oxygen atoms in total. The first-order valence-electron chi connectivity index (χ1n) is 6.72. The second-order valence-electron chi connectivity index (χ2n) is 5.08. The Kier molecular flexibility index (Phi) is 3.41. The Morgan fingerprint density at radius 2 is 1.76 bits per heavy atom. The van der Waals surface area contributed by atoms with Crippen molar-refractivity contribution < 1.29 is 0 Å². The monoisotopic (exact) mass is 231 g/mol. The Balaban J connectivity index is 1.75. The highest BCUT2D eigenvalue weighted by Gasteiger charge is 2.33. The number of piperidine rings is 1. The highest BCUT2D eigenvalue weighted by molar-refractivity contribution is 5.22. The van der Waals surface area contributed by atoms with Crippen LogP contribution < -0.4 is 10.9 Å². The van der Waals surface area contributed by atoms with Crippen LogP contribution >= 0.6 is 0 Å². The lowest BCUT2D eigenvalue weighted by Crippen LogP contribution is -2.48. The number of nitrogens with zero attached hydrogens (tertiary/aromatic N) is 1. The molecular formula is C14H21N3. The molecule has 3 rings (SSSR count). The van der Waals surface area contributed by atoms with Gasteiger partial charge in [0, 0.05) is 12.5 Å². The molecule has 2 saturated heterocycles. The predicted octanol–water partition coefficient (Wildman–Crippen LogP) is 1.69. The van der Waals surface area contributed by atoms with Crippen LogP contribution in [-0.2, 0) is 0 Å². The minimum atomic E-state index is 0.470. The van der Waals surface area contributed by atoms with Crippen LogP contribution in [0.15, 0.2) is 30.3 Å². The minimum Gasteiger partial charge on any atom is -0.287 e. The third kappa shape index (κ3) is 2.37. The molecule has 1 aromatic rings. The summed E-state index contributed by atoms with van der Waals surface area (Å²) in [6.45, 7) is 3.51. The Bertz CT molecular complexity index is 346. The van der Waals surface area contributed by atoms with Crippen LogP contribution in [0.1, 0.15) is 30.7 Å². The van der Waals surface area contributed by atoms with Crippen molar-refractivity contribution in [3.8, 4) is 0 Å². The zero-order valence-electron chi connectivity index (χ0n) is 10.2. The third-order valence-electron chi connectivity index (χ3n) is 3.96. The molecule has 0 aliphatic carbocycles. The van der Waals surface area contributed by atoms with Gasteiger partial charge in [0.05, 0.1) is 6.17 Å². The topological polar surface area (TPSA) is 27.3 Å². The van der Waals surface area contributed by atoms with Gasteiger partial charge in [0.1, 0.15) is 0 Å². The normalized spacial score (nSPS) is 30.6. The first-order valence-corrected chi connectivity index (χ1v) is 6.72. The summed E-state index contributed by atoms with van der Waals surface area (Å²) in [5, 5.41) is 0. The molecule has 2 fully saturated rings. The van der Waals surface area contributed by atoms with Gasteiger partial charge >= 0.3 is 0 Å². The van der Waals surface area contributed by atoms with E-state index in [1.807, 2.05) is 0 Å². The van der Waals surface area contributed by atoms with Gasteiger partial charge in [0.2, 0.25) is 0 Å². The predicted molar refractivity (Wildman–Crippen MR) is 69.5 cm³/mol. The van der Waals surface area contributed by atoms with Gasteiger partial charge in [-0.15, -0.1) is 0 Å². The van der Waals surface area contributed by atoms with Gasteiger partial charge in [-0.3, -0.25) is 10.3 Å². The smallest absolute Gasteiger partial charge is 0.0811 e. The van der Waals surface area contributed by atoms with Crippen LogP contribution in [0.25, 0.3) is 0 Å². The Morgan fingerprint density at radius 1 is 1.00 bits per heavy atom. The van der Waals surface area contributed by atoms with Crippen molar-refractivity contribution in [3.05, 3.63) is 35.9 Å². The zero-order valence-corrected chi connectivity index (χ0v) is 10.2. The number of hydrazine groups is 1. The van der Waals surface area contributed by atoms with Crippen LogP contribution in [-0.4, -0.2) is 30.7 Å². The molecule has 92 valence electrons. The van der Waals surface area contributed by atoms with E-state index in [4.69, 9.17) is 0 Å². The van der Waals surface area contributed by atoms with Crippen molar-refractivity contribution in [1.29, 1.82) is 0 Å². The first kappa shape index (κ1) is 11.2. The highest BCUT2D eigenvalue weighted by Crippen LogP contribution is 2.26. The van der Waals surface area contributed by atoms with E-state index in [9.17, 15) is 0 Å². The quantitative estimate of drug-likeness (QED) is 0.811. The minimum absolute atomic E-state index is 0.470. The van der Waals surface area contributed by atoms with Crippen LogP contribution in [0.5, 0.6) is 0 Å². The largest absolute Gasteiger partial charge is 0.287 e. The molecule has 0 spiro atoms. The Hall–Kier alpha value is -0.900. The summed E-state index contributed by atoms with van der Waals surface area (Å²) in [7, 11) is 0. The fourth-order valence-electron chi connectivity index (χ4n) is 3.03. The molecule has 3 heteroatoms.